The molecule has 2 aromatic heterocycles. The minimum Gasteiger partial charge on any atom is -0.437 e. The van der Waals surface area contributed by atoms with Crippen LogP contribution in [0.5, 0.6) is 11.6 Å². The second-order valence-electron chi connectivity index (χ2n) is 4.66. The van der Waals surface area contributed by atoms with Crippen molar-refractivity contribution < 1.29 is 17.9 Å². The number of halogens is 3. The number of ether oxygens (including phenoxy) is 1. The molecule has 2 aromatic rings. The average Bonchev–Trinajstić information content (AvgIpc) is 2.40. The van der Waals surface area contributed by atoms with E-state index in [2.05, 4.69) is 9.97 Å². The Morgan fingerprint density at radius 3 is 2.38 bits per heavy atom. The lowest BCUT2D eigenvalue weighted by molar-refractivity contribution is -0.141. The topological polar surface area (TPSA) is 61.0 Å². The zero-order valence-corrected chi connectivity index (χ0v) is 11.5. The number of nitrogens with zero attached hydrogens (tertiary/aromatic N) is 2. The number of rotatable bonds is 3. The summed E-state index contributed by atoms with van der Waals surface area (Å²) in [5, 5.41) is 0. The van der Waals surface area contributed by atoms with Crippen molar-refractivity contribution in [3.63, 3.8) is 0 Å². The van der Waals surface area contributed by atoms with E-state index in [-0.39, 0.29) is 11.8 Å². The molecule has 0 fully saturated rings. The number of aromatic nitrogens is 2. The fraction of sp³-hybridized carbons (Fsp3) is 0.286. The second-order valence-corrected chi connectivity index (χ2v) is 4.66. The number of alkyl halides is 3. The highest BCUT2D eigenvalue weighted by atomic mass is 19.4. The van der Waals surface area contributed by atoms with Gasteiger partial charge in [0, 0.05) is 17.8 Å². The maximum Gasteiger partial charge on any atom is 0.433 e. The summed E-state index contributed by atoms with van der Waals surface area (Å²) in [6, 6.07) is 3.74. The van der Waals surface area contributed by atoms with Crippen LogP contribution in [0.4, 0.5) is 13.2 Å². The molecule has 0 bridgehead atoms. The molecule has 7 heteroatoms. The lowest BCUT2D eigenvalue weighted by Crippen LogP contribution is -2.07. The molecule has 2 heterocycles. The lowest BCUT2D eigenvalue weighted by atomic mass is 10.1. The second kappa shape index (κ2) is 5.69. The molecule has 0 aliphatic carbocycles. The number of hydrogen-bond acceptors (Lipinski definition) is 4. The van der Waals surface area contributed by atoms with Gasteiger partial charge in [0.25, 0.3) is 0 Å². The first kappa shape index (κ1) is 15.2. The third kappa shape index (κ3) is 3.69. The summed E-state index contributed by atoms with van der Waals surface area (Å²) in [5.41, 5.74) is 6.37. The molecule has 0 radical (unpaired) electrons. The molecular weight excluding hydrogens is 283 g/mol. The molecule has 0 amide bonds. The third-order valence-corrected chi connectivity index (χ3v) is 2.82. The van der Waals surface area contributed by atoms with Gasteiger partial charge in [-0.1, -0.05) is 0 Å². The van der Waals surface area contributed by atoms with E-state index in [4.69, 9.17) is 10.5 Å². The summed E-state index contributed by atoms with van der Waals surface area (Å²) in [7, 11) is 0. The van der Waals surface area contributed by atoms with Crippen LogP contribution in [0.1, 0.15) is 29.8 Å². The Bertz CT molecular complexity index is 624. The quantitative estimate of drug-likeness (QED) is 0.940. The van der Waals surface area contributed by atoms with Crippen LogP contribution < -0.4 is 10.5 Å². The van der Waals surface area contributed by atoms with Gasteiger partial charge in [-0.05, 0) is 37.6 Å². The van der Waals surface area contributed by atoms with Crippen LogP contribution in [0.25, 0.3) is 0 Å². The van der Waals surface area contributed by atoms with Crippen LogP contribution in [0.3, 0.4) is 0 Å². The molecular formula is C14H14F3N3O. The summed E-state index contributed by atoms with van der Waals surface area (Å²) in [6.45, 7) is 3.61. The fourth-order valence-corrected chi connectivity index (χ4v) is 1.66. The van der Waals surface area contributed by atoms with E-state index < -0.39 is 11.9 Å². The zero-order valence-electron chi connectivity index (χ0n) is 11.5. The van der Waals surface area contributed by atoms with E-state index in [1.165, 1.54) is 6.07 Å². The summed E-state index contributed by atoms with van der Waals surface area (Å²) < 4.78 is 42.6. The van der Waals surface area contributed by atoms with Gasteiger partial charge in [0.05, 0.1) is 6.20 Å². The molecule has 0 aliphatic rings. The van der Waals surface area contributed by atoms with Gasteiger partial charge in [0.2, 0.25) is 5.88 Å². The number of pyridine rings is 2. The molecule has 0 aromatic carbocycles. The minimum atomic E-state index is -4.47. The van der Waals surface area contributed by atoms with Gasteiger partial charge < -0.3 is 10.5 Å². The molecule has 1 unspecified atom stereocenters. The Balaban J connectivity index is 2.19. The summed E-state index contributed by atoms with van der Waals surface area (Å²) in [5.74, 6) is 0.494. The smallest absolute Gasteiger partial charge is 0.433 e. The number of hydrogen-bond donors (Lipinski definition) is 1. The van der Waals surface area contributed by atoms with Crippen LogP contribution in [0, 0.1) is 6.92 Å². The molecule has 2 N–H and O–H groups in total. The van der Waals surface area contributed by atoms with Gasteiger partial charge in [0.1, 0.15) is 11.4 Å². The predicted octanol–water partition coefficient (Wildman–Crippen LogP) is 3.62. The monoisotopic (exact) mass is 297 g/mol. The summed E-state index contributed by atoms with van der Waals surface area (Å²) in [6.07, 6.45) is -1.88. The van der Waals surface area contributed by atoms with E-state index in [0.29, 0.717) is 5.88 Å². The van der Waals surface area contributed by atoms with Crippen molar-refractivity contribution in [1.29, 1.82) is 0 Å². The molecule has 112 valence electrons. The Morgan fingerprint density at radius 2 is 1.90 bits per heavy atom. The van der Waals surface area contributed by atoms with E-state index in [1.54, 1.807) is 13.1 Å². The van der Waals surface area contributed by atoms with E-state index in [1.807, 2.05) is 13.0 Å². The first-order chi connectivity index (χ1) is 9.77. The van der Waals surface area contributed by atoms with Gasteiger partial charge in [-0.2, -0.15) is 13.2 Å². The standard InChI is InChI=1S/C14H14F3N3O/c1-8-5-10(9(2)18)6-20-13(8)21-11-3-4-12(19-7-11)14(15,16)17/h3-7,9H,18H2,1-2H3. The number of aryl methyl sites for hydroxylation is 1. The van der Waals surface area contributed by atoms with Crippen molar-refractivity contribution in [1.82, 2.24) is 9.97 Å². The highest BCUT2D eigenvalue weighted by Gasteiger charge is 2.32. The third-order valence-electron chi connectivity index (χ3n) is 2.82. The Labute approximate surface area is 119 Å². The maximum atomic E-state index is 12.4. The van der Waals surface area contributed by atoms with Crippen LogP contribution in [-0.2, 0) is 6.18 Å². The van der Waals surface area contributed by atoms with Gasteiger partial charge in [-0.25, -0.2) is 9.97 Å². The van der Waals surface area contributed by atoms with Gasteiger partial charge in [-0.3, -0.25) is 0 Å². The molecule has 4 nitrogen and oxygen atoms in total. The molecule has 0 saturated carbocycles. The zero-order chi connectivity index (χ0) is 15.6. The lowest BCUT2D eigenvalue weighted by Gasteiger charge is -2.11. The summed E-state index contributed by atoms with van der Waals surface area (Å²) >= 11 is 0. The molecule has 1 atom stereocenters. The molecule has 2 rings (SSSR count). The first-order valence-corrected chi connectivity index (χ1v) is 6.20. The Hall–Kier alpha value is -2.15. The molecule has 0 aliphatic heterocycles. The normalized spacial score (nSPS) is 13.0. The van der Waals surface area contributed by atoms with Crippen molar-refractivity contribution in [2.45, 2.75) is 26.1 Å². The maximum absolute atomic E-state index is 12.4. The minimum absolute atomic E-state index is 0.155. The van der Waals surface area contributed by atoms with Crippen molar-refractivity contribution in [3.8, 4) is 11.6 Å². The van der Waals surface area contributed by atoms with Crippen molar-refractivity contribution >= 4 is 0 Å². The average molecular weight is 297 g/mol. The first-order valence-electron chi connectivity index (χ1n) is 6.20. The molecule has 0 spiro atoms. The number of nitrogens with two attached hydrogens (primary N) is 1. The SMILES string of the molecule is Cc1cc(C(C)N)cnc1Oc1ccc(C(F)(F)F)nc1. The molecule has 0 saturated heterocycles. The van der Waals surface area contributed by atoms with Crippen LogP contribution in [0.15, 0.2) is 30.6 Å². The Kier molecular flexibility index (Phi) is 4.13. The van der Waals surface area contributed by atoms with Gasteiger partial charge in [0.15, 0.2) is 0 Å². The van der Waals surface area contributed by atoms with E-state index in [9.17, 15) is 13.2 Å². The van der Waals surface area contributed by atoms with Crippen molar-refractivity contribution in [2.24, 2.45) is 5.73 Å². The van der Waals surface area contributed by atoms with Gasteiger partial charge >= 0.3 is 6.18 Å². The Morgan fingerprint density at radius 1 is 1.19 bits per heavy atom. The van der Waals surface area contributed by atoms with Crippen molar-refractivity contribution in [3.05, 3.63) is 47.4 Å². The highest BCUT2D eigenvalue weighted by molar-refractivity contribution is 5.34. The largest absolute Gasteiger partial charge is 0.437 e. The highest BCUT2D eigenvalue weighted by Crippen LogP contribution is 2.29. The molecule has 21 heavy (non-hydrogen) atoms. The fourth-order valence-electron chi connectivity index (χ4n) is 1.66. The van der Waals surface area contributed by atoms with Crippen LogP contribution >= 0.6 is 0 Å². The van der Waals surface area contributed by atoms with Crippen LogP contribution in [0.2, 0.25) is 0 Å². The van der Waals surface area contributed by atoms with Crippen LogP contribution in [-0.4, -0.2) is 9.97 Å². The summed E-state index contributed by atoms with van der Waals surface area (Å²) in [4.78, 5) is 7.44. The van der Waals surface area contributed by atoms with Gasteiger partial charge in [-0.15, -0.1) is 0 Å². The predicted molar refractivity (Wildman–Crippen MR) is 70.9 cm³/mol. The van der Waals surface area contributed by atoms with E-state index in [0.717, 1.165) is 23.4 Å². The van der Waals surface area contributed by atoms with Crippen molar-refractivity contribution in [2.75, 3.05) is 0 Å². The van der Waals surface area contributed by atoms with E-state index >= 15 is 0 Å².